The van der Waals surface area contributed by atoms with Gasteiger partial charge in [0.2, 0.25) is 11.7 Å². The quantitative estimate of drug-likeness (QED) is 0.687. The van der Waals surface area contributed by atoms with Crippen LogP contribution in [0.2, 0.25) is 0 Å². The first-order valence-corrected chi connectivity index (χ1v) is 10.0. The Morgan fingerprint density at radius 1 is 1.14 bits per heavy atom. The Hall–Kier alpha value is -3.15. The number of carbonyl (C=O) groups is 1. The molecule has 0 fully saturated rings. The van der Waals surface area contributed by atoms with Crippen molar-refractivity contribution >= 4 is 5.91 Å². The Bertz CT molecular complexity index is 995. The zero-order valence-electron chi connectivity index (χ0n) is 16.8. The van der Waals surface area contributed by atoms with Crippen LogP contribution in [0.1, 0.15) is 42.3 Å². The lowest BCUT2D eigenvalue weighted by atomic mass is 9.92. The number of benzene rings is 2. The molecule has 3 aromatic rings. The summed E-state index contributed by atoms with van der Waals surface area (Å²) in [7, 11) is 0. The van der Waals surface area contributed by atoms with E-state index in [0.717, 1.165) is 29.7 Å². The normalized spacial score (nSPS) is 14.1. The highest BCUT2D eigenvalue weighted by atomic mass is 16.5. The molecule has 29 heavy (non-hydrogen) atoms. The largest absolute Gasteiger partial charge is 0.481 e. The molecule has 0 aliphatic heterocycles. The van der Waals surface area contributed by atoms with Crippen LogP contribution in [0.25, 0.3) is 11.4 Å². The predicted octanol–water partition coefficient (Wildman–Crippen LogP) is 4.01. The maximum absolute atomic E-state index is 12.4. The molecule has 1 N–H and O–H groups in total. The molecule has 1 aromatic heterocycles. The van der Waals surface area contributed by atoms with Gasteiger partial charge < -0.3 is 14.6 Å². The minimum absolute atomic E-state index is 0.162. The third-order valence-electron chi connectivity index (χ3n) is 5.19. The van der Waals surface area contributed by atoms with Crippen LogP contribution in [0.4, 0.5) is 0 Å². The molecular formula is C23H25N3O3. The highest BCUT2D eigenvalue weighted by molar-refractivity contribution is 5.80. The number of nitrogens with zero attached hydrogens (tertiary/aromatic N) is 2. The van der Waals surface area contributed by atoms with Crippen molar-refractivity contribution in [2.24, 2.45) is 0 Å². The summed E-state index contributed by atoms with van der Waals surface area (Å²) in [5, 5.41) is 6.77. The van der Waals surface area contributed by atoms with Crippen molar-refractivity contribution in [1.29, 1.82) is 0 Å². The first kappa shape index (κ1) is 19.2. The van der Waals surface area contributed by atoms with Gasteiger partial charge in [0, 0.05) is 5.56 Å². The molecule has 1 amide bonds. The molecule has 4 rings (SSSR count). The fourth-order valence-electron chi connectivity index (χ4n) is 3.49. The second kappa shape index (κ2) is 8.47. The average Bonchev–Trinajstić information content (AvgIpc) is 3.21. The molecule has 0 saturated carbocycles. The van der Waals surface area contributed by atoms with Gasteiger partial charge in [-0.15, -0.1) is 0 Å². The summed E-state index contributed by atoms with van der Waals surface area (Å²) in [6.07, 6.45) is 4.04. The van der Waals surface area contributed by atoms with Crippen LogP contribution in [-0.4, -0.2) is 22.2 Å². The second-order valence-electron chi connectivity index (χ2n) is 7.49. The lowest BCUT2D eigenvalue weighted by Crippen LogP contribution is -2.36. The predicted molar refractivity (Wildman–Crippen MR) is 109 cm³/mol. The van der Waals surface area contributed by atoms with Gasteiger partial charge in [0.25, 0.3) is 5.91 Å². The van der Waals surface area contributed by atoms with E-state index in [-0.39, 0.29) is 12.5 Å². The minimum Gasteiger partial charge on any atom is -0.481 e. The molecule has 2 aromatic carbocycles. The Balaban J connectivity index is 1.32. The van der Waals surface area contributed by atoms with E-state index >= 15 is 0 Å². The molecule has 6 heteroatoms. The highest BCUT2D eigenvalue weighted by Gasteiger charge is 2.17. The monoisotopic (exact) mass is 391 g/mol. The molecule has 1 unspecified atom stereocenters. The van der Waals surface area contributed by atoms with Gasteiger partial charge in [0.15, 0.2) is 6.10 Å². The third kappa shape index (κ3) is 4.65. The van der Waals surface area contributed by atoms with Crippen molar-refractivity contribution < 1.29 is 14.1 Å². The van der Waals surface area contributed by atoms with Crippen molar-refractivity contribution in [1.82, 2.24) is 15.5 Å². The number of fused-ring (bicyclic) bond motifs is 1. The van der Waals surface area contributed by atoms with Crippen LogP contribution in [0, 0.1) is 6.92 Å². The number of amides is 1. The molecule has 1 atom stereocenters. The Labute approximate surface area is 170 Å². The summed E-state index contributed by atoms with van der Waals surface area (Å²) >= 11 is 0. The molecule has 0 bridgehead atoms. The first-order valence-electron chi connectivity index (χ1n) is 10.0. The zero-order valence-corrected chi connectivity index (χ0v) is 16.8. The maximum atomic E-state index is 12.4. The van der Waals surface area contributed by atoms with Crippen LogP contribution in [-0.2, 0) is 24.2 Å². The molecule has 1 aliphatic carbocycles. The van der Waals surface area contributed by atoms with Gasteiger partial charge in [-0.1, -0.05) is 41.1 Å². The molecular weight excluding hydrogens is 366 g/mol. The van der Waals surface area contributed by atoms with Crippen molar-refractivity contribution in [3.8, 4) is 17.1 Å². The number of carbonyl (C=O) groups excluding carboxylic acids is 1. The van der Waals surface area contributed by atoms with Crippen molar-refractivity contribution in [2.45, 2.75) is 52.2 Å². The summed E-state index contributed by atoms with van der Waals surface area (Å²) < 4.78 is 11.1. The third-order valence-corrected chi connectivity index (χ3v) is 5.19. The summed E-state index contributed by atoms with van der Waals surface area (Å²) in [5.41, 5.74) is 4.76. The first-order chi connectivity index (χ1) is 14.1. The molecule has 0 saturated heterocycles. The van der Waals surface area contributed by atoms with Gasteiger partial charge in [-0.25, -0.2) is 0 Å². The van der Waals surface area contributed by atoms with E-state index in [0.29, 0.717) is 11.7 Å². The van der Waals surface area contributed by atoms with Crippen molar-refractivity contribution in [3.63, 3.8) is 0 Å². The van der Waals surface area contributed by atoms with Crippen LogP contribution >= 0.6 is 0 Å². The van der Waals surface area contributed by atoms with Crippen LogP contribution in [0.3, 0.4) is 0 Å². The summed E-state index contributed by atoms with van der Waals surface area (Å²) in [5.74, 6) is 1.37. The van der Waals surface area contributed by atoms with Gasteiger partial charge in [0.1, 0.15) is 5.75 Å². The SMILES string of the molecule is Cc1ccc(-c2noc(CNC(=O)C(C)Oc3ccc4c(c3)CCCC4)n2)cc1. The van der Waals surface area contributed by atoms with E-state index in [2.05, 4.69) is 27.6 Å². The van der Waals surface area contributed by atoms with Crippen LogP contribution in [0.5, 0.6) is 5.75 Å². The van der Waals surface area contributed by atoms with E-state index in [1.54, 1.807) is 6.92 Å². The van der Waals surface area contributed by atoms with E-state index in [4.69, 9.17) is 9.26 Å². The minimum atomic E-state index is -0.615. The van der Waals surface area contributed by atoms with E-state index in [9.17, 15) is 4.79 Å². The van der Waals surface area contributed by atoms with Crippen LogP contribution < -0.4 is 10.1 Å². The lowest BCUT2D eigenvalue weighted by molar-refractivity contribution is -0.127. The molecule has 0 spiro atoms. The highest BCUT2D eigenvalue weighted by Crippen LogP contribution is 2.26. The van der Waals surface area contributed by atoms with Crippen LogP contribution in [0.15, 0.2) is 47.0 Å². The lowest BCUT2D eigenvalue weighted by Gasteiger charge is -2.19. The van der Waals surface area contributed by atoms with E-state index < -0.39 is 6.10 Å². The Kier molecular flexibility index (Phi) is 5.60. The number of hydrogen-bond acceptors (Lipinski definition) is 5. The Morgan fingerprint density at radius 3 is 2.69 bits per heavy atom. The number of rotatable bonds is 6. The average molecular weight is 391 g/mol. The number of nitrogens with one attached hydrogen (secondary N) is 1. The fourth-order valence-corrected chi connectivity index (χ4v) is 3.49. The number of aryl methyl sites for hydroxylation is 3. The van der Waals surface area contributed by atoms with Gasteiger partial charge in [-0.3, -0.25) is 4.79 Å². The van der Waals surface area contributed by atoms with E-state index in [1.165, 1.54) is 24.0 Å². The topological polar surface area (TPSA) is 77.2 Å². The van der Waals surface area contributed by atoms with Crippen molar-refractivity contribution in [3.05, 3.63) is 65.0 Å². The maximum Gasteiger partial charge on any atom is 0.261 e. The summed E-state index contributed by atoms with van der Waals surface area (Å²) in [4.78, 5) is 16.7. The van der Waals surface area contributed by atoms with Crippen molar-refractivity contribution in [2.75, 3.05) is 0 Å². The molecule has 1 aliphatic rings. The number of aromatic nitrogens is 2. The summed E-state index contributed by atoms with van der Waals surface area (Å²) in [6, 6.07) is 14.0. The van der Waals surface area contributed by atoms with Gasteiger partial charge in [-0.2, -0.15) is 4.98 Å². The standard InChI is InChI=1S/C23H25N3O3/c1-15-7-9-18(10-8-15)22-25-21(29-26-22)14-24-23(27)16(2)28-20-12-11-17-5-3-4-6-19(17)13-20/h7-13,16H,3-6,14H2,1-2H3,(H,24,27). The van der Waals surface area contributed by atoms with E-state index in [1.807, 2.05) is 37.3 Å². The number of ether oxygens (including phenoxy) is 1. The van der Waals surface area contributed by atoms with Gasteiger partial charge >= 0.3 is 0 Å². The molecule has 150 valence electrons. The zero-order chi connectivity index (χ0) is 20.2. The fraction of sp³-hybridized carbons (Fsp3) is 0.348. The van der Waals surface area contributed by atoms with Gasteiger partial charge in [-0.05, 0) is 62.8 Å². The van der Waals surface area contributed by atoms with Gasteiger partial charge in [0.05, 0.1) is 6.54 Å². The molecule has 0 radical (unpaired) electrons. The Morgan fingerprint density at radius 2 is 1.90 bits per heavy atom. The summed E-state index contributed by atoms with van der Waals surface area (Å²) in [6.45, 7) is 3.92. The second-order valence-corrected chi connectivity index (χ2v) is 7.49. The molecule has 6 nitrogen and oxygen atoms in total. The molecule has 1 heterocycles. The number of hydrogen-bond donors (Lipinski definition) is 1. The smallest absolute Gasteiger partial charge is 0.261 e.